The van der Waals surface area contributed by atoms with Gasteiger partial charge in [0.1, 0.15) is 22.3 Å². The molecule has 0 radical (unpaired) electrons. The second-order valence-electron chi connectivity index (χ2n) is 29.4. The lowest BCUT2D eigenvalue weighted by atomic mass is 9.97. The van der Waals surface area contributed by atoms with E-state index >= 15 is 0 Å². The summed E-state index contributed by atoms with van der Waals surface area (Å²) in [6, 6.07) is 154. The van der Waals surface area contributed by atoms with E-state index in [1.165, 1.54) is 38.1 Å². The Labute approximate surface area is 659 Å². The van der Waals surface area contributed by atoms with Gasteiger partial charge in [0, 0.05) is 88.3 Å². The molecule has 0 aliphatic carbocycles. The lowest BCUT2D eigenvalue weighted by Gasteiger charge is -2.27. The molecule has 114 heavy (non-hydrogen) atoms. The van der Waals surface area contributed by atoms with Gasteiger partial charge in [0.2, 0.25) is 0 Å². The normalized spacial score (nSPS) is 11.7. The van der Waals surface area contributed by atoms with E-state index in [0.29, 0.717) is 0 Å². The predicted molar refractivity (Wildman–Crippen MR) is 477 cm³/mol. The largest absolute Gasteiger partial charge is 0.456 e. The highest BCUT2D eigenvalue weighted by atomic mass is 16.3. The van der Waals surface area contributed by atoms with E-state index in [1.54, 1.807) is 0 Å². The fraction of sp³-hybridized carbons (Fsp3) is 0. The summed E-state index contributed by atoms with van der Waals surface area (Å²) in [5, 5.41) is 9.31. The maximum absolute atomic E-state index is 6.45. The molecule has 4 heterocycles. The monoisotopic (exact) mass is 1450 g/mol. The number of benzene rings is 18. The molecule has 0 amide bonds. The highest BCUT2D eigenvalue weighted by Gasteiger charge is 2.24. The summed E-state index contributed by atoms with van der Waals surface area (Å²) in [5.41, 5.74) is 32.5. The van der Waals surface area contributed by atoms with Crippen molar-refractivity contribution in [3.63, 3.8) is 0 Å². The van der Waals surface area contributed by atoms with Gasteiger partial charge < -0.3 is 27.8 Å². The molecule has 0 saturated heterocycles. The third-order valence-corrected chi connectivity index (χ3v) is 22.9. The van der Waals surface area contributed by atoms with Crippen molar-refractivity contribution in [2.45, 2.75) is 0 Å². The number of anilines is 6. The highest BCUT2D eigenvalue weighted by molar-refractivity contribution is 6.15. The first-order chi connectivity index (χ1) is 56.5. The lowest BCUT2D eigenvalue weighted by molar-refractivity contribution is 0.668. The summed E-state index contributed by atoms with van der Waals surface area (Å²) >= 11 is 0. The fourth-order valence-electron chi connectivity index (χ4n) is 17.7. The first kappa shape index (κ1) is 65.8. The van der Waals surface area contributed by atoms with Gasteiger partial charge >= 0.3 is 0 Å². The molecular weight excluding hydrogens is 1390 g/mol. The number of para-hydroxylation sites is 7. The topological polar surface area (TPSA) is 42.6 Å². The quantitative estimate of drug-likeness (QED) is 0.103. The molecule has 6 heteroatoms. The van der Waals surface area contributed by atoms with Crippen molar-refractivity contribution in [2.75, 3.05) is 9.80 Å². The lowest BCUT2D eigenvalue weighted by Crippen LogP contribution is -2.10. The van der Waals surface area contributed by atoms with Gasteiger partial charge in [-0.1, -0.05) is 291 Å². The number of aromatic nitrogens is 2. The van der Waals surface area contributed by atoms with E-state index in [0.717, 1.165) is 173 Å². The fourth-order valence-corrected chi connectivity index (χ4v) is 17.7. The van der Waals surface area contributed by atoms with Crippen molar-refractivity contribution < 1.29 is 8.83 Å². The van der Waals surface area contributed by atoms with E-state index in [2.05, 4.69) is 431 Å². The molecule has 0 aliphatic rings. The molecule has 0 unspecified atom stereocenters. The second-order valence-corrected chi connectivity index (χ2v) is 29.4. The van der Waals surface area contributed by atoms with Crippen LogP contribution >= 0.6 is 0 Å². The molecule has 0 aliphatic heterocycles. The van der Waals surface area contributed by atoms with Crippen LogP contribution < -0.4 is 9.80 Å². The van der Waals surface area contributed by atoms with Crippen molar-refractivity contribution in [2.24, 2.45) is 0 Å². The predicted octanol–water partition coefficient (Wildman–Crippen LogP) is 30.3. The maximum Gasteiger partial charge on any atom is 0.136 e. The molecule has 4 aromatic heterocycles. The number of furan rings is 2. The molecule has 6 nitrogen and oxygen atoms in total. The van der Waals surface area contributed by atoms with Crippen molar-refractivity contribution in [3.8, 4) is 89.3 Å². The van der Waals surface area contributed by atoms with Crippen LogP contribution in [0.4, 0.5) is 34.1 Å². The van der Waals surface area contributed by atoms with Crippen LogP contribution in [-0.4, -0.2) is 9.13 Å². The van der Waals surface area contributed by atoms with Crippen molar-refractivity contribution in [3.05, 3.63) is 425 Å². The minimum atomic E-state index is 0.870. The smallest absolute Gasteiger partial charge is 0.136 e. The summed E-state index contributed by atoms with van der Waals surface area (Å²) < 4.78 is 17.7. The van der Waals surface area contributed by atoms with E-state index in [1.807, 2.05) is 12.1 Å². The molecule has 0 bridgehead atoms. The van der Waals surface area contributed by atoms with Gasteiger partial charge in [-0.3, -0.25) is 0 Å². The molecule has 534 valence electrons. The van der Waals surface area contributed by atoms with E-state index in [4.69, 9.17) is 8.83 Å². The molecule has 18 aromatic carbocycles. The SMILES string of the molecule is c1ccc(-c2ccc(N(c3ccc(-c4ccccc4-n4c5ccccc5c5ccc(-c6ccc(-c7cccc(N(c8ccc(-c9ccccc9-n9c%10ccccc%10c%10ccccc%109)cc8)c8cccc(-c9cccc%10oc%11ccccc%11c9%10)c8)c7)cc6)cc54)cc3)c3cccc(-c4cccc5oc6ccccc6c45)c3)cc2)cc1. The minimum absolute atomic E-state index is 0.870. The van der Waals surface area contributed by atoms with E-state index in [-0.39, 0.29) is 0 Å². The second kappa shape index (κ2) is 27.4. The number of rotatable bonds is 15. The van der Waals surface area contributed by atoms with Gasteiger partial charge in [0.05, 0.1) is 33.4 Å². The van der Waals surface area contributed by atoms with Crippen LogP contribution in [0.1, 0.15) is 0 Å². The maximum atomic E-state index is 6.45. The van der Waals surface area contributed by atoms with Crippen molar-refractivity contribution >= 4 is 122 Å². The third kappa shape index (κ3) is 11.3. The van der Waals surface area contributed by atoms with E-state index < -0.39 is 0 Å². The third-order valence-electron chi connectivity index (χ3n) is 22.9. The van der Waals surface area contributed by atoms with Crippen molar-refractivity contribution in [1.29, 1.82) is 0 Å². The van der Waals surface area contributed by atoms with E-state index in [9.17, 15) is 0 Å². The highest BCUT2D eigenvalue weighted by Crippen LogP contribution is 2.47. The average molecular weight is 1460 g/mol. The van der Waals surface area contributed by atoms with Crippen LogP contribution in [0.3, 0.4) is 0 Å². The zero-order valence-electron chi connectivity index (χ0n) is 62.0. The molecule has 0 spiro atoms. The molecule has 0 N–H and O–H groups in total. The van der Waals surface area contributed by atoms with Crippen LogP contribution in [0.2, 0.25) is 0 Å². The Morgan fingerprint density at radius 3 is 0.947 bits per heavy atom. The Morgan fingerprint density at radius 2 is 0.465 bits per heavy atom. The number of nitrogens with zero attached hydrogens (tertiary/aromatic N) is 4. The number of fused-ring (bicyclic) bond motifs is 12. The molecule has 22 rings (SSSR count). The van der Waals surface area contributed by atoms with Crippen LogP contribution in [0.15, 0.2) is 433 Å². The first-order valence-electron chi connectivity index (χ1n) is 38.9. The summed E-state index contributed by atoms with van der Waals surface area (Å²) in [4.78, 5) is 4.77. The molecule has 0 saturated carbocycles. The van der Waals surface area contributed by atoms with Gasteiger partial charge in [-0.05, 0) is 200 Å². The Balaban J connectivity index is 0.606. The van der Waals surface area contributed by atoms with Crippen LogP contribution in [0.5, 0.6) is 0 Å². The Bertz CT molecular complexity index is 7420. The number of hydrogen-bond donors (Lipinski definition) is 0. The van der Waals surface area contributed by atoms with Crippen molar-refractivity contribution in [1.82, 2.24) is 9.13 Å². The zero-order chi connectivity index (χ0) is 75.2. The summed E-state index contributed by atoms with van der Waals surface area (Å²) in [6.07, 6.45) is 0. The summed E-state index contributed by atoms with van der Waals surface area (Å²) in [7, 11) is 0. The molecular formula is C108H70N4O2. The first-order valence-corrected chi connectivity index (χ1v) is 38.9. The molecule has 0 atom stereocenters. The molecule has 0 fully saturated rings. The number of hydrogen-bond acceptors (Lipinski definition) is 4. The standard InChI is InChI=1S/C108H70N4O2/c1-2-23-71(24-3-1)72-53-60-81(61-54-72)109(85-29-19-26-79(68-85)89-38-21-47-105-107(89)95-36-9-16-45-103(95)113-105)82-62-55-76(56-63-82)88-32-5-12-41-98(88)112-101-44-15-8-35-93(101)94-66-59-78(70-102(94)112)74-51-49-73(50-52-74)77-25-18-28-84(67-77)110(86-30-20-27-80(69-86)90-39-22-48-106-108(90)96-37-10-17-46-104(96)114-106)83-64-57-75(58-65-83)87-31-4-11-40-97(87)111-99-42-13-6-33-91(99)92-34-7-14-43-100(92)111/h1-70H. The minimum Gasteiger partial charge on any atom is -0.456 e. The van der Waals surface area contributed by atoms with Gasteiger partial charge in [-0.2, -0.15) is 0 Å². The van der Waals surface area contributed by atoms with Gasteiger partial charge in [-0.25, -0.2) is 0 Å². The van der Waals surface area contributed by atoms with Crippen LogP contribution in [0.25, 0.3) is 177 Å². The van der Waals surface area contributed by atoms with Gasteiger partial charge in [0.15, 0.2) is 0 Å². The van der Waals surface area contributed by atoms with Crippen LogP contribution in [-0.2, 0) is 0 Å². The zero-order valence-corrected chi connectivity index (χ0v) is 62.0. The summed E-state index contributed by atoms with van der Waals surface area (Å²) in [6.45, 7) is 0. The molecule has 22 aromatic rings. The Morgan fingerprint density at radius 1 is 0.167 bits per heavy atom. The summed E-state index contributed by atoms with van der Waals surface area (Å²) in [5.74, 6) is 0. The van der Waals surface area contributed by atoms with Gasteiger partial charge in [-0.15, -0.1) is 0 Å². The average Bonchev–Trinajstić information content (AvgIpc) is 1.60. The Kier molecular flexibility index (Phi) is 15.8. The van der Waals surface area contributed by atoms with Gasteiger partial charge in [0.25, 0.3) is 0 Å². The van der Waals surface area contributed by atoms with Crippen LogP contribution in [0, 0.1) is 0 Å². The Hall–Kier alpha value is -15.2.